The van der Waals surface area contributed by atoms with E-state index in [0.29, 0.717) is 29.2 Å². The highest BCUT2D eigenvalue weighted by Crippen LogP contribution is 2.43. The molecular formula is C30H36N4O2. The lowest BCUT2D eigenvalue weighted by Crippen LogP contribution is -2.53. The summed E-state index contributed by atoms with van der Waals surface area (Å²) in [5.41, 5.74) is 2.69. The maximum absolute atomic E-state index is 13.3. The molecule has 5 rings (SSSR count). The Bertz CT molecular complexity index is 1120. The third-order valence-electron chi connectivity index (χ3n) is 8.81. The predicted molar refractivity (Wildman–Crippen MR) is 140 cm³/mol. The van der Waals surface area contributed by atoms with Crippen molar-refractivity contribution >= 4 is 11.7 Å². The van der Waals surface area contributed by atoms with E-state index in [4.69, 9.17) is 5.26 Å². The van der Waals surface area contributed by atoms with Crippen molar-refractivity contribution in [2.75, 3.05) is 39.3 Å². The van der Waals surface area contributed by atoms with Crippen LogP contribution in [0.3, 0.4) is 0 Å². The summed E-state index contributed by atoms with van der Waals surface area (Å²) in [7, 11) is 0. The van der Waals surface area contributed by atoms with Crippen LogP contribution in [0.25, 0.3) is 0 Å². The van der Waals surface area contributed by atoms with Crippen LogP contribution in [0.5, 0.6) is 0 Å². The van der Waals surface area contributed by atoms with Crippen molar-refractivity contribution in [3.63, 3.8) is 0 Å². The number of amides is 1. The molecule has 0 bridgehead atoms. The lowest BCUT2D eigenvalue weighted by Gasteiger charge is -2.44. The summed E-state index contributed by atoms with van der Waals surface area (Å²) in [6.07, 6.45) is 3.63. The monoisotopic (exact) mass is 484 g/mol. The molecule has 3 aliphatic rings. The second kappa shape index (κ2) is 10.5. The second-order valence-electron chi connectivity index (χ2n) is 10.8. The number of carbonyl (C=O) groups excluding carboxylic acids is 2. The summed E-state index contributed by atoms with van der Waals surface area (Å²) >= 11 is 0. The second-order valence-corrected chi connectivity index (χ2v) is 10.8. The third-order valence-corrected chi connectivity index (χ3v) is 8.81. The van der Waals surface area contributed by atoms with Crippen LogP contribution < -0.4 is 5.32 Å². The van der Waals surface area contributed by atoms with Gasteiger partial charge in [-0.15, -0.1) is 0 Å². The Hall–Kier alpha value is -3.01. The van der Waals surface area contributed by atoms with E-state index in [2.05, 4.69) is 46.6 Å². The Kier molecular flexibility index (Phi) is 7.22. The molecule has 3 heterocycles. The van der Waals surface area contributed by atoms with Gasteiger partial charge in [0.25, 0.3) is 5.91 Å². The van der Waals surface area contributed by atoms with Crippen LogP contribution in [-0.2, 0) is 4.79 Å². The first-order chi connectivity index (χ1) is 17.5. The molecule has 6 heteroatoms. The topological polar surface area (TPSA) is 76.4 Å². The van der Waals surface area contributed by atoms with Crippen LogP contribution in [-0.4, -0.2) is 66.8 Å². The molecule has 3 fully saturated rings. The van der Waals surface area contributed by atoms with E-state index < -0.39 is 0 Å². The summed E-state index contributed by atoms with van der Waals surface area (Å²) < 4.78 is 0. The van der Waals surface area contributed by atoms with E-state index >= 15 is 0 Å². The summed E-state index contributed by atoms with van der Waals surface area (Å²) in [6.45, 7) is 7.17. The number of piperidine rings is 1. The van der Waals surface area contributed by atoms with Gasteiger partial charge in [0.2, 0.25) is 0 Å². The molecule has 0 aromatic heterocycles. The van der Waals surface area contributed by atoms with E-state index in [1.807, 2.05) is 11.8 Å². The van der Waals surface area contributed by atoms with Crippen molar-refractivity contribution in [2.24, 2.45) is 11.3 Å². The van der Waals surface area contributed by atoms with Crippen LogP contribution in [0.1, 0.15) is 60.0 Å². The summed E-state index contributed by atoms with van der Waals surface area (Å²) in [5.74, 6) is 1.05. The smallest absolute Gasteiger partial charge is 0.253 e. The van der Waals surface area contributed by atoms with Gasteiger partial charge in [-0.2, -0.15) is 5.26 Å². The van der Waals surface area contributed by atoms with Crippen LogP contribution >= 0.6 is 0 Å². The number of nitrogens with zero attached hydrogens (tertiary/aromatic N) is 3. The van der Waals surface area contributed by atoms with Crippen LogP contribution in [0, 0.1) is 22.7 Å². The molecule has 1 amide bonds. The molecule has 3 saturated heterocycles. The van der Waals surface area contributed by atoms with Crippen molar-refractivity contribution in [1.82, 2.24) is 15.1 Å². The van der Waals surface area contributed by atoms with Crippen molar-refractivity contribution in [1.29, 1.82) is 5.26 Å². The molecule has 3 aliphatic heterocycles. The zero-order chi connectivity index (χ0) is 25.1. The van der Waals surface area contributed by atoms with Gasteiger partial charge < -0.3 is 10.2 Å². The van der Waals surface area contributed by atoms with E-state index in [1.54, 1.807) is 24.3 Å². The molecule has 1 spiro atoms. The first kappa shape index (κ1) is 24.7. The number of hydrogen-bond acceptors (Lipinski definition) is 5. The molecule has 3 atom stereocenters. The standard InChI is InChI=1S/C30H36N4O2/c1-2-27(35)28(26-20-32-19-25(26)23-6-4-3-5-7-23)33-15-12-30(13-16-33)14-17-34(21-30)29(36)24-10-8-22(18-31)9-11-24/h3-11,25-26,28,32H,2,12-17,19-21H2,1H3/t25-,26-,28?/m1/s1. The Morgan fingerprint density at radius 2 is 1.72 bits per heavy atom. The highest BCUT2D eigenvalue weighted by Gasteiger charge is 2.46. The normalized spacial score (nSPS) is 24.5. The number of hydrogen-bond donors (Lipinski definition) is 1. The number of Topliss-reactive ketones (excluding diaryl/α,β-unsaturated/α-hetero) is 1. The Morgan fingerprint density at radius 3 is 2.39 bits per heavy atom. The summed E-state index contributed by atoms with van der Waals surface area (Å²) in [4.78, 5) is 30.8. The van der Waals surface area contributed by atoms with Crippen molar-refractivity contribution in [3.05, 3.63) is 71.3 Å². The van der Waals surface area contributed by atoms with E-state index in [9.17, 15) is 9.59 Å². The zero-order valence-electron chi connectivity index (χ0n) is 21.2. The van der Waals surface area contributed by atoms with Gasteiger partial charge in [-0.1, -0.05) is 37.3 Å². The summed E-state index contributed by atoms with van der Waals surface area (Å²) in [5, 5.41) is 12.6. The molecule has 1 unspecified atom stereocenters. The van der Waals surface area contributed by atoms with Crippen LogP contribution in [0.4, 0.5) is 0 Å². The quantitative estimate of drug-likeness (QED) is 0.674. The number of ketones is 1. The van der Waals surface area contributed by atoms with E-state index in [0.717, 1.165) is 58.5 Å². The van der Waals surface area contributed by atoms with Gasteiger partial charge >= 0.3 is 0 Å². The molecule has 1 N–H and O–H groups in total. The van der Waals surface area contributed by atoms with Crippen molar-refractivity contribution in [3.8, 4) is 6.07 Å². The van der Waals surface area contributed by atoms with Crippen molar-refractivity contribution in [2.45, 2.75) is 44.6 Å². The lowest BCUT2D eigenvalue weighted by atomic mass is 9.75. The fourth-order valence-electron chi connectivity index (χ4n) is 6.68. The van der Waals surface area contributed by atoms with Gasteiger partial charge in [-0.3, -0.25) is 14.5 Å². The largest absolute Gasteiger partial charge is 0.338 e. The molecule has 0 radical (unpaired) electrons. The molecule has 188 valence electrons. The van der Waals surface area contributed by atoms with Crippen molar-refractivity contribution < 1.29 is 9.59 Å². The molecule has 2 aromatic rings. The van der Waals surface area contributed by atoms with Gasteiger partial charge in [-0.05, 0) is 67.6 Å². The first-order valence-corrected chi connectivity index (χ1v) is 13.4. The molecule has 0 aliphatic carbocycles. The Morgan fingerprint density at radius 1 is 1.03 bits per heavy atom. The van der Waals surface area contributed by atoms with E-state index in [-0.39, 0.29) is 23.3 Å². The number of benzene rings is 2. The molecule has 2 aromatic carbocycles. The number of nitrogens with one attached hydrogen (secondary N) is 1. The minimum atomic E-state index is -0.0506. The SMILES string of the molecule is CCC(=O)C([C@@H]1CNC[C@@H]1c1ccccc1)N1CCC2(CCN(C(=O)c3ccc(C#N)cc3)C2)CC1. The van der Waals surface area contributed by atoms with Gasteiger partial charge in [0, 0.05) is 50.0 Å². The Labute approximate surface area is 214 Å². The van der Waals surface area contributed by atoms with E-state index in [1.165, 1.54) is 5.56 Å². The first-order valence-electron chi connectivity index (χ1n) is 13.4. The minimum absolute atomic E-state index is 0.0506. The van der Waals surface area contributed by atoms with Gasteiger partial charge in [0.05, 0.1) is 17.7 Å². The fraction of sp³-hybridized carbons (Fsp3) is 0.500. The zero-order valence-corrected chi connectivity index (χ0v) is 21.2. The highest BCUT2D eigenvalue weighted by molar-refractivity contribution is 5.94. The number of likely N-dealkylation sites (tertiary alicyclic amines) is 2. The molecule has 0 saturated carbocycles. The predicted octanol–water partition coefficient (Wildman–Crippen LogP) is 3.84. The van der Waals surface area contributed by atoms with Gasteiger partial charge in [0.15, 0.2) is 0 Å². The maximum atomic E-state index is 13.3. The highest BCUT2D eigenvalue weighted by atomic mass is 16.2. The number of rotatable bonds is 6. The average molecular weight is 485 g/mol. The number of carbonyl (C=O) groups is 2. The van der Waals surface area contributed by atoms with Crippen LogP contribution in [0.2, 0.25) is 0 Å². The Balaban J connectivity index is 1.25. The molecular weight excluding hydrogens is 448 g/mol. The molecule has 36 heavy (non-hydrogen) atoms. The third kappa shape index (κ3) is 4.83. The van der Waals surface area contributed by atoms with Gasteiger partial charge in [0.1, 0.15) is 5.78 Å². The fourth-order valence-corrected chi connectivity index (χ4v) is 6.68. The average Bonchev–Trinajstić information content (AvgIpc) is 3.58. The number of nitriles is 1. The minimum Gasteiger partial charge on any atom is -0.338 e. The lowest BCUT2D eigenvalue weighted by molar-refractivity contribution is -0.127. The maximum Gasteiger partial charge on any atom is 0.253 e. The summed E-state index contributed by atoms with van der Waals surface area (Å²) in [6, 6.07) is 19.6. The van der Waals surface area contributed by atoms with Crippen LogP contribution in [0.15, 0.2) is 54.6 Å². The molecule has 6 nitrogen and oxygen atoms in total. The van der Waals surface area contributed by atoms with Gasteiger partial charge in [-0.25, -0.2) is 0 Å².